The second kappa shape index (κ2) is 5.56. The van der Waals surface area contributed by atoms with E-state index >= 15 is 0 Å². The van der Waals surface area contributed by atoms with Crippen molar-refractivity contribution in [1.82, 2.24) is 10.3 Å². The zero-order valence-electron chi connectivity index (χ0n) is 9.93. The van der Waals surface area contributed by atoms with Gasteiger partial charge in [-0.25, -0.2) is 0 Å². The molecule has 0 amide bonds. The van der Waals surface area contributed by atoms with E-state index in [0.29, 0.717) is 18.2 Å². The van der Waals surface area contributed by atoms with E-state index in [1.165, 1.54) is 6.20 Å². The number of nitrogens with one attached hydrogen (secondary N) is 2. The molecule has 1 atom stereocenters. The van der Waals surface area contributed by atoms with E-state index in [-0.39, 0.29) is 0 Å². The molecule has 0 radical (unpaired) electrons. The zero-order chi connectivity index (χ0) is 13.0. The van der Waals surface area contributed by atoms with E-state index in [9.17, 15) is 13.2 Å². The summed E-state index contributed by atoms with van der Waals surface area (Å²) >= 11 is 0. The third kappa shape index (κ3) is 3.60. The van der Waals surface area contributed by atoms with Crippen LogP contribution in [0.1, 0.15) is 18.5 Å². The van der Waals surface area contributed by atoms with Gasteiger partial charge in [-0.05, 0) is 44.0 Å². The van der Waals surface area contributed by atoms with Crippen LogP contribution in [0.25, 0.3) is 0 Å². The fourth-order valence-corrected chi connectivity index (χ4v) is 2.06. The lowest BCUT2D eigenvalue weighted by molar-refractivity contribution is -0.141. The molecule has 3 nitrogen and oxygen atoms in total. The Labute approximate surface area is 104 Å². The van der Waals surface area contributed by atoms with E-state index in [1.807, 2.05) is 0 Å². The van der Waals surface area contributed by atoms with E-state index < -0.39 is 11.9 Å². The standard InChI is InChI=1S/C12H16F3N3/c13-12(14,15)11-6-10(3-5-17-11)18-8-9-2-1-4-16-7-9/h3,5-6,9,16H,1-2,4,7-8H2,(H,17,18). The van der Waals surface area contributed by atoms with Crippen molar-refractivity contribution in [3.8, 4) is 0 Å². The topological polar surface area (TPSA) is 37.0 Å². The summed E-state index contributed by atoms with van der Waals surface area (Å²) in [5, 5.41) is 6.32. The van der Waals surface area contributed by atoms with Crippen molar-refractivity contribution >= 4 is 5.69 Å². The normalized spacial score (nSPS) is 20.7. The number of nitrogens with zero attached hydrogens (tertiary/aromatic N) is 1. The van der Waals surface area contributed by atoms with Gasteiger partial charge in [0.25, 0.3) is 0 Å². The summed E-state index contributed by atoms with van der Waals surface area (Å²) in [6.07, 6.45) is -0.970. The minimum atomic E-state index is -4.38. The fourth-order valence-electron chi connectivity index (χ4n) is 2.06. The highest BCUT2D eigenvalue weighted by atomic mass is 19.4. The molecule has 1 aliphatic heterocycles. The molecule has 0 spiro atoms. The molecule has 1 aliphatic rings. The molecular formula is C12H16F3N3. The predicted molar refractivity (Wildman–Crippen MR) is 63.3 cm³/mol. The van der Waals surface area contributed by atoms with Gasteiger partial charge in [-0.2, -0.15) is 13.2 Å². The first-order chi connectivity index (χ1) is 8.55. The summed E-state index contributed by atoms with van der Waals surface area (Å²) in [5.74, 6) is 0.473. The van der Waals surface area contributed by atoms with Crippen LogP contribution in [0.4, 0.5) is 18.9 Å². The first kappa shape index (κ1) is 13.1. The van der Waals surface area contributed by atoms with Crippen molar-refractivity contribution in [2.45, 2.75) is 19.0 Å². The lowest BCUT2D eigenvalue weighted by Crippen LogP contribution is -2.33. The molecule has 0 aliphatic carbocycles. The van der Waals surface area contributed by atoms with Gasteiger partial charge >= 0.3 is 6.18 Å². The number of anilines is 1. The largest absolute Gasteiger partial charge is 0.433 e. The predicted octanol–water partition coefficient (Wildman–Crippen LogP) is 2.51. The van der Waals surface area contributed by atoms with E-state index in [2.05, 4.69) is 15.6 Å². The molecule has 1 fully saturated rings. The quantitative estimate of drug-likeness (QED) is 0.875. The minimum absolute atomic E-state index is 0.473. The van der Waals surface area contributed by atoms with Crippen molar-refractivity contribution in [2.75, 3.05) is 25.0 Å². The average Bonchev–Trinajstić information content (AvgIpc) is 2.37. The number of aromatic nitrogens is 1. The van der Waals surface area contributed by atoms with Crippen molar-refractivity contribution < 1.29 is 13.2 Å². The van der Waals surface area contributed by atoms with Gasteiger partial charge in [0.2, 0.25) is 0 Å². The van der Waals surface area contributed by atoms with E-state index in [1.54, 1.807) is 6.07 Å². The molecule has 1 saturated heterocycles. The van der Waals surface area contributed by atoms with Crippen molar-refractivity contribution in [3.05, 3.63) is 24.0 Å². The zero-order valence-corrected chi connectivity index (χ0v) is 9.93. The van der Waals surface area contributed by atoms with Gasteiger partial charge < -0.3 is 10.6 Å². The van der Waals surface area contributed by atoms with Gasteiger partial charge in [0.05, 0.1) is 0 Å². The van der Waals surface area contributed by atoms with Crippen LogP contribution in [0, 0.1) is 5.92 Å². The van der Waals surface area contributed by atoms with Gasteiger partial charge in [0.15, 0.2) is 0 Å². The number of halogens is 3. The number of hydrogen-bond acceptors (Lipinski definition) is 3. The van der Waals surface area contributed by atoms with Crippen LogP contribution < -0.4 is 10.6 Å². The molecule has 0 bridgehead atoms. The molecule has 2 heterocycles. The molecule has 1 unspecified atom stereocenters. The maximum atomic E-state index is 12.5. The molecule has 2 rings (SSSR count). The van der Waals surface area contributed by atoms with Crippen LogP contribution in [0.3, 0.4) is 0 Å². The monoisotopic (exact) mass is 259 g/mol. The summed E-state index contributed by atoms with van der Waals surface area (Å²) in [5.41, 5.74) is -0.378. The summed E-state index contributed by atoms with van der Waals surface area (Å²) in [6, 6.07) is 2.61. The summed E-state index contributed by atoms with van der Waals surface area (Å²) in [4.78, 5) is 3.33. The smallest absolute Gasteiger partial charge is 0.385 e. The van der Waals surface area contributed by atoms with Crippen molar-refractivity contribution in [2.24, 2.45) is 5.92 Å². The Morgan fingerprint density at radius 1 is 1.44 bits per heavy atom. The van der Waals surface area contributed by atoms with Crippen LogP contribution in [0.2, 0.25) is 0 Å². The number of alkyl halides is 3. The lowest BCUT2D eigenvalue weighted by Gasteiger charge is -2.23. The summed E-state index contributed by atoms with van der Waals surface area (Å²) < 4.78 is 37.4. The highest BCUT2D eigenvalue weighted by molar-refractivity contribution is 5.43. The Hall–Kier alpha value is -1.30. The van der Waals surface area contributed by atoms with Crippen LogP contribution in [-0.4, -0.2) is 24.6 Å². The first-order valence-electron chi connectivity index (χ1n) is 6.03. The maximum Gasteiger partial charge on any atom is 0.433 e. The van der Waals surface area contributed by atoms with E-state index in [4.69, 9.17) is 0 Å². The molecule has 2 N–H and O–H groups in total. The third-order valence-corrected chi connectivity index (χ3v) is 3.04. The number of hydrogen-bond donors (Lipinski definition) is 2. The molecule has 1 aromatic rings. The molecule has 0 saturated carbocycles. The van der Waals surface area contributed by atoms with Gasteiger partial charge in [0, 0.05) is 18.4 Å². The first-order valence-corrected chi connectivity index (χ1v) is 6.03. The highest BCUT2D eigenvalue weighted by Crippen LogP contribution is 2.28. The molecule has 0 aromatic carbocycles. The molecule has 100 valence electrons. The molecule has 1 aromatic heterocycles. The maximum absolute atomic E-state index is 12.5. The third-order valence-electron chi connectivity index (χ3n) is 3.04. The SMILES string of the molecule is FC(F)(F)c1cc(NCC2CCCNC2)ccn1. The Kier molecular flexibility index (Phi) is 4.06. The van der Waals surface area contributed by atoms with Gasteiger partial charge in [0.1, 0.15) is 5.69 Å². The molecule has 6 heteroatoms. The Balaban J connectivity index is 1.92. The van der Waals surface area contributed by atoms with Crippen molar-refractivity contribution in [3.63, 3.8) is 0 Å². The van der Waals surface area contributed by atoms with Gasteiger partial charge in [-0.3, -0.25) is 4.98 Å². The summed E-state index contributed by atoms with van der Waals surface area (Å²) in [6.45, 7) is 2.64. The van der Waals surface area contributed by atoms with E-state index in [0.717, 1.165) is 32.0 Å². The second-order valence-corrected chi connectivity index (χ2v) is 4.52. The van der Waals surface area contributed by atoms with Crippen molar-refractivity contribution in [1.29, 1.82) is 0 Å². The summed E-state index contributed by atoms with van der Waals surface area (Å²) in [7, 11) is 0. The Morgan fingerprint density at radius 2 is 2.28 bits per heavy atom. The van der Waals surface area contributed by atoms with Gasteiger partial charge in [-0.15, -0.1) is 0 Å². The Morgan fingerprint density at radius 3 is 2.94 bits per heavy atom. The fraction of sp³-hybridized carbons (Fsp3) is 0.583. The van der Waals surface area contributed by atoms with Crippen LogP contribution in [0.5, 0.6) is 0 Å². The highest BCUT2D eigenvalue weighted by Gasteiger charge is 2.32. The number of rotatable bonds is 3. The van der Waals surface area contributed by atoms with Crippen LogP contribution in [0.15, 0.2) is 18.3 Å². The number of pyridine rings is 1. The van der Waals surface area contributed by atoms with Crippen LogP contribution in [-0.2, 0) is 6.18 Å². The second-order valence-electron chi connectivity index (χ2n) is 4.52. The number of piperidine rings is 1. The average molecular weight is 259 g/mol. The van der Waals surface area contributed by atoms with Crippen LogP contribution >= 0.6 is 0 Å². The molecular weight excluding hydrogens is 243 g/mol. The minimum Gasteiger partial charge on any atom is -0.385 e. The molecule has 18 heavy (non-hydrogen) atoms. The Bertz CT molecular complexity index is 386. The van der Waals surface area contributed by atoms with Gasteiger partial charge in [-0.1, -0.05) is 0 Å². The lowest BCUT2D eigenvalue weighted by atomic mass is 10.00.